The molecule has 3 heterocycles. The zero-order valence-corrected chi connectivity index (χ0v) is 25.3. The average Bonchev–Trinajstić information content (AvgIpc) is 3.86. The van der Waals surface area contributed by atoms with Crippen molar-refractivity contribution >= 4 is 38.8 Å². The smallest absolute Gasteiger partial charge is 0.267 e. The van der Waals surface area contributed by atoms with Crippen molar-refractivity contribution in [1.82, 2.24) is 13.8 Å². The van der Waals surface area contributed by atoms with Gasteiger partial charge in [-0.2, -0.15) is 0 Å². The van der Waals surface area contributed by atoms with E-state index in [4.69, 9.17) is 9.47 Å². The molecule has 10 heteroatoms. The Hall–Kier alpha value is -3.63. The van der Waals surface area contributed by atoms with Gasteiger partial charge in [-0.25, -0.2) is 12.7 Å². The van der Waals surface area contributed by atoms with E-state index in [1.165, 1.54) is 4.31 Å². The van der Waals surface area contributed by atoms with E-state index in [9.17, 15) is 18.0 Å². The Kier molecular flexibility index (Phi) is 7.29. The van der Waals surface area contributed by atoms with Gasteiger partial charge in [0.05, 0.1) is 37.8 Å². The number of methoxy groups -OCH3 is 1. The van der Waals surface area contributed by atoms with Gasteiger partial charge in [0.25, 0.3) is 11.8 Å². The molecule has 2 aromatic carbocycles. The van der Waals surface area contributed by atoms with Crippen LogP contribution in [0, 0.1) is 0 Å². The number of nitrogens with zero attached hydrogens (tertiary/aromatic N) is 3. The third-order valence-electron chi connectivity index (χ3n) is 9.24. The minimum atomic E-state index is -3.72. The highest BCUT2D eigenvalue weighted by Crippen LogP contribution is 2.39. The standard InChI is InChI=1S/C33H37N3O6S/c1-41-27-9-12-29-24(18-27)17-25(32(37)34-13-15-42-16-14-34)21-35-30-20-23(8-7-22(30)19-31(29)35)33(38)36(26-5-3-2-4-6-26)43(39,40)28-10-11-28/h7-9,12,17-20,26,28H,2-6,10-11,13-16,21H2,1H3. The van der Waals surface area contributed by atoms with Crippen LogP contribution in [0.1, 0.15) is 60.9 Å². The Labute approximate surface area is 252 Å². The van der Waals surface area contributed by atoms with Crippen molar-refractivity contribution in [1.29, 1.82) is 0 Å². The second kappa shape index (κ2) is 11.1. The number of rotatable bonds is 6. The fourth-order valence-electron chi connectivity index (χ4n) is 6.76. The molecule has 7 rings (SSSR count). The van der Waals surface area contributed by atoms with Crippen LogP contribution in [0.2, 0.25) is 0 Å². The maximum absolute atomic E-state index is 14.1. The largest absolute Gasteiger partial charge is 0.497 e. The molecule has 0 bridgehead atoms. The molecule has 0 unspecified atom stereocenters. The number of carbonyl (C=O) groups excluding carboxylic acids is 2. The van der Waals surface area contributed by atoms with Crippen LogP contribution in [0.4, 0.5) is 0 Å². The molecule has 0 radical (unpaired) electrons. The monoisotopic (exact) mass is 603 g/mol. The highest BCUT2D eigenvalue weighted by Gasteiger charge is 2.45. The summed E-state index contributed by atoms with van der Waals surface area (Å²) in [5.41, 5.74) is 4.53. The van der Waals surface area contributed by atoms with Gasteiger partial charge in [-0.15, -0.1) is 0 Å². The molecule has 2 aliphatic heterocycles. The third-order valence-corrected chi connectivity index (χ3v) is 11.6. The minimum Gasteiger partial charge on any atom is -0.497 e. The highest BCUT2D eigenvalue weighted by atomic mass is 32.2. The molecule has 2 amide bonds. The van der Waals surface area contributed by atoms with Crippen molar-refractivity contribution < 1.29 is 27.5 Å². The molecule has 0 N–H and O–H groups in total. The summed E-state index contributed by atoms with van der Waals surface area (Å²) in [5.74, 6) is 0.207. The van der Waals surface area contributed by atoms with Crippen molar-refractivity contribution in [3.63, 3.8) is 0 Å². The van der Waals surface area contributed by atoms with Gasteiger partial charge in [0.2, 0.25) is 10.0 Å². The summed E-state index contributed by atoms with van der Waals surface area (Å²) in [5, 5.41) is 0.460. The quantitative estimate of drug-likeness (QED) is 0.400. The number of amides is 2. The number of morpholine rings is 1. The number of sulfonamides is 1. The Morgan fingerprint density at radius 2 is 1.72 bits per heavy atom. The predicted molar refractivity (Wildman–Crippen MR) is 164 cm³/mol. The van der Waals surface area contributed by atoms with E-state index >= 15 is 0 Å². The Bertz CT molecular complexity index is 1730. The van der Waals surface area contributed by atoms with E-state index in [-0.39, 0.29) is 11.9 Å². The number of ether oxygens (including phenoxy) is 2. The van der Waals surface area contributed by atoms with Gasteiger partial charge in [-0.05, 0) is 73.7 Å². The zero-order chi connectivity index (χ0) is 29.7. The van der Waals surface area contributed by atoms with Crippen LogP contribution in [0.25, 0.3) is 28.2 Å². The first-order valence-electron chi connectivity index (χ1n) is 15.3. The fraction of sp³-hybridized carbons (Fsp3) is 0.455. The minimum absolute atomic E-state index is 0.0435. The predicted octanol–water partition coefficient (Wildman–Crippen LogP) is 4.84. The lowest BCUT2D eigenvalue weighted by molar-refractivity contribution is -0.131. The van der Waals surface area contributed by atoms with Crippen molar-refractivity contribution in [3.05, 3.63) is 59.2 Å². The SMILES string of the molecule is COc1ccc2c(c1)C=C(C(=O)N1CCOCC1)Cn1c-2cc2ccc(C(=O)N(C3CCCCC3)S(=O)(=O)C3CC3)cc21. The third kappa shape index (κ3) is 5.14. The molecule has 1 aromatic heterocycles. The maximum Gasteiger partial charge on any atom is 0.267 e. The van der Waals surface area contributed by atoms with Crippen LogP contribution in [0.5, 0.6) is 5.75 Å². The van der Waals surface area contributed by atoms with Gasteiger partial charge in [-0.1, -0.05) is 25.3 Å². The van der Waals surface area contributed by atoms with Crippen molar-refractivity contribution in [3.8, 4) is 17.0 Å². The highest BCUT2D eigenvalue weighted by molar-refractivity contribution is 7.90. The summed E-state index contributed by atoms with van der Waals surface area (Å²) in [7, 11) is -2.10. The molecule has 3 aromatic rings. The molecular weight excluding hydrogens is 566 g/mol. The Morgan fingerprint density at radius 3 is 2.44 bits per heavy atom. The summed E-state index contributed by atoms with van der Waals surface area (Å²) in [4.78, 5) is 29.7. The first-order chi connectivity index (χ1) is 20.8. The summed E-state index contributed by atoms with van der Waals surface area (Å²) in [6.07, 6.45) is 7.50. The lowest BCUT2D eigenvalue weighted by Crippen LogP contribution is -2.47. The van der Waals surface area contributed by atoms with E-state index < -0.39 is 21.2 Å². The molecule has 0 atom stereocenters. The molecule has 4 aliphatic rings. The first-order valence-corrected chi connectivity index (χ1v) is 16.8. The second-order valence-electron chi connectivity index (χ2n) is 12.1. The second-order valence-corrected chi connectivity index (χ2v) is 14.1. The van der Waals surface area contributed by atoms with Gasteiger partial charge < -0.3 is 18.9 Å². The van der Waals surface area contributed by atoms with Gasteiger partial charge in [0, 0.05) is 46.7 Å². The van der Waals surface area contributed by atoms with Crippen LogP contribution >= 0.6 is 0 Å². The van der Waals surface area contributed by atoms with Crippen LogP contribution < -0.4 is 4.74 Å². The van der Waals surface area contributed by atoms with Crippen LogP contribution in [0.15, 0.2) is 48.0 Å². The van der Waals surface area contributed by atoms with Crippen LogP contribution in [0.3, 0.4) is 0 Å². The number of fused-ring (bicyclic) bond motifs is 5. The lowest BCUT2D eigenvalue weighted by atomic mass is 9.95. The Balaban J connectivity index is 1.32. The number of carbonyl (C=O) groups is 2. The first kappa shape index (κ1) is 28.2. The topological polar surface area (TPSA) is 98.1 Å². The molecule has 2 saturated carbocycles. The molecule has 1 saturated heterocycles. The van der Waals surface area contributed by atoms with Gasteiger partial charge in [0.15, 0.2) is 0 Å². The van der Waals surface area contributed by atoms with E-state index in [1.54, 1.807) is 13.2 Å². The number of benzene rings is 2. The molecular formula is C33H37N3O6S. The fourth-order valence-corrected chi connectivity index (χ4v) is 8.78. The molecule has 0 spiro atoms. The van der Waals surface area contributed by atoms with E-state index in [1.807, 2.05) is 41.3 Å². The summed E-state index contributed by atoms with van der Waals surface area (Å²) >= 11 is 0. The van der Waals surface area contributed by atoms with Crippen LogP contribution in [-0.2, 0) is 26.1 Å². The number of hydrogen-bond donors (Lipinski definition) is 0. The summed E-state index contributed by atoms with van der Waals surface area (Å²) in [6.45, 7) is 2.40. The average molecular weight is 604 g/mol. The van der Waals surface area contributed by atoms with Crippen LogP contribution in [-0.4, -0.2) is 78.7 Å². The zero-order valence-electron chi connectivity index (χ0n) is 24.5. The molecule has 9 nitrogen and oxygen atoms in total. The molecule has 43 heavy (non-hydrogen) atoms. The number of hydrogen-bond acceptors (Lipinski definition) is 6. The van der Waals surface area contributed by atoms with E-state index in [0.29, 0.717) is 75.4 Å². The summed E-state index contributed by atoms with van der Waals surface area (Å²) in [6, 6.07) is 13.1. The number of aromatic nitrogens is 1. The molecule has 226 valence electrons. The van der Waals surface area contributed by atoms with Crippen molar-refractivity contribution in [2.24, 2.45) is 0 Å². The Morgan fingerprint density at radius 1 is 0.953 bits per heavy atom. The maximum atomic E-state index is 14.1. The van der Waals surface area contributed by atoms with Gasteiger partial charge in [0.1, 0.15) is 5.75 Å². The van der Waals surface area contributed by atoms with Crippen molar-refractivity contribution in [2.45, 2.75) is 62.8 Å². The molecule has 2 aliphatic carbocycles. The van der Waals surface area contributed by atoms with Gasteiger partial charge in [-0.3, -0.25) is 9.59 Å². The lowest BCUT2D eigenvalue weighted by Gasteiger charge is -2.33. The van der Waals surface area contributed by atoms with Gasteiger partial charge >= 0.3 is 0 Å². The summed E-state index contributed by atoms with van der Waals surface area (Å²) < 4.78 is 41.5. The van der Waals surface area contributed by atoms with E-state index in [0.717, 1.165) is 47.0 Å². The normalized spacial score (nSPS) is 19.3. The van der Waals surface area contributed by atoms with E-state index in [2.05, 4.69) is 10.6 Å². The molecule has 3 fully saturated rings. The van der Waals surface area contributed by atoms with Crippen molar-refractivity contribution in [2.75, 3.05) is 33.4 Å².